The fourth-order valence-corrected chi connectivity index (χ4v) is 5.27. The fraction of sp³-hybridized carbons (Fsp3) is 0.200. The first-order valence-electron chi connectivity index (χ1n) is 13.8. The van der Waals surface area contributed by atoms with E-state index < -0.39 is 12.6 Å². The van der Waals surface area contributed by atoms with Crippen LogP contribution in [-0.2, 0) is 0 Å². The molecule has 5 heterocycles. The third-order valence-corrected chi connectivity index (χ3v) is 7.42. The van der Waals surface area contributed by atoms with Gasteiger partial charge in [0.2, 0.25) is 5.89 Å². The molecule has 1 fully saturated rings. The smallest absolute Gasteiger partial charge is 0.350 e. The summed E-state index contributed by atoms with van der Waals surface area (Å²) in [4.78, 5) is 35.0. The molecule has 0 bridgehead atoms. The van der Waals surface area contributed by atoms with Crippen LogP contribution in [0.3, 0.4) is 0 Å². The van der Waals surface area contributed by atoms with E-state index in [0.717, 1.165) is 16.8 Å². The standard InChI is InChI=1S/C30H24F2N10O2/c31-30(32)42-38-27(37-39-42)26(19-4-2-1-3-5-19)40-12-14-41(15-13-40)29(43)23-17-21(8-9-34-23)28-36-22-16-20(6-7-25(22)44-28)24-18-33-10-11-35-24/h1-11,16-18,26,30H,12-15H2. The van der Waals surface area contributed by atoms with Crippen molar-refractivity contribution in [2.75, 3.05) is 26.2 Å². The number of benzene rings is 2. The van der Waals surface area contributed by atoms with Crippen LogP contribution in [0.1, 0.15) is 34.5 Å². The predicted octanol–water partition coefficient (Wildman–Crippen LogP) is 4.28. The van der Waals surface area contributed by atoms with Crippen molar-refractivity contribution in [3.05, 3.63) is 103 Å². The van der Waals surface area contributed by atoms with Crippen molar-refractivity contribution in [3.8, 4) is 22.7 Å². The number of hydrogen-bond acceptors (Lipinski definition) is 10. The molecule has 44 heavy (non-hydrogen) atoms. The van der Waals surface area contributed by atoms with Crippen LogP contribution in [0, 0.1) is 0 Å². The van der Waals surface area contributed by atoms with Gasteiger partial charge in [0.25, 0.3) is 5.91 Å². The van der Waals surface area contributed by atoms with Gasteiger partial charge < -0.3 is 9.32 Å². The van der Waals surface area contributed by atoms with E-state index in [4.69, 9.17) is 4.42 Å². The Morgan fingerprint density at radius 2 is 1.73 bits per heavy atom. The van der Waals surface area contributed by atoms with Gasteiger partial charge in [-0.05, 0) is 41.1 Å². The van der Waals surface area contributed by atoms with Gasteiger partial charge in [0, 0.05) is 55.9 Å². The lowest BCUT2D eigenvalue weighted by atomic mass is 10.0. The molecule has 0 saturated carbocycles. The second-order valence-electron chi connectivity index (χ2n) is 10.1. The number of rotatable bonds is 7. The minimum atomic E-state index is -2.89. The summed E-state index contributed by atoms with van der Waals surface area (Å²) in [5, 5.41) is 11.4. The molecule has 1 aliphatic rings. The predicted molar refractivity (Wildman–Crippen MR) is 153 cm³/mol. The van der Waals surface area contributed by atoms with Crippen molar-refractivity contribution in [2.24, 2.45) is 0 Å². The molecule has 220 valence electrons. The zero-order valence-electron chi connectivity index (χ0n) is 23.1. The first-order chi connectivity index (χ1) is 21.5. The van der Waals surface area contributed by atoms with Crippen molar-refractivity contribution in [1.29, 1.82) is 0 Å². The number of aromatic nitrogens is 8. The second kappa shape index (κ2) is 11.6. The van der Waals surface area contributed by atoms with E-state index >= 15 is 0 Å². The first-order valence-corrected chi connectivity index (χ1v) is 13.8. The Morgan fingerprint density at radius 3 is 2.48 bits per heavy atom. The molecule has 1 amide bonds. The quantitative estimate of drug-likeness (QED) is 0.264. The van der Waals surface area contributed by atoms with Crippen molar-refractivity contribution in [3.63, 3.8) is 0 Å². The maximum absolute atomic E-state index is 13.5. The largest absolute Gasteiger partial charge is 0.436 e. The molecule has 0 aliphatic carbocycles. The Morgan fingerprint density at radius 1 is 0.886 bits per heavy atom. The van der Waals surface area contributed by atoms with E-state index in [0.29, 0.717) is 53.5 Å². The monoisotopic (exact) mass is 594 g/mol. The van der Waals surface area contributed by atoms with E-state index in [1.54, 1.807) is 41.8 Å². The summed E-state index contributed by atoms with van der Waals surface area (Å²) < 4.78 is 32.4. The van der Waals surface area contributed by atoms with Crippen molar-refractivity contribution < 1.29 is 18.0 Å². The summed E-state index contributed by atoms with van der Waals surface area (Å²) in [6.07, 6.45) is 6.48. The van der Waals surface area contributed by atoms with Gasteiger partial charge in [-0.15, -0.1) is 10.2 Å². The molecule has 4 aromatic heterocycles. The van der Waals surface area contributed by atoms with Crippen LogP contribution < -0.4 is 0 Å². The highest BCUT2D eigenvalue weighted by molar-refractivity contribution is 5.93. The molecule has 6 aromatic rings. The lowest BCUT2D eigenvalue weighted by Crippen LogP contribution is -2.50. The number of hydrogen-bond donors (Lipinski definition) is 0. The van der Waals surface area contributed by atoms with Crippen LogP contribution >= 0.6 is 0 Å². The number of nitrogens with zero attached hydrogens (tertiary/aromatic N) is 10. The molecule has 2 aromatic carbocycles. The van der Waals surface area contributed by atoms with Gasteiger partial charge in [0.15, 0.2) is 11.4 Å². The average Bonchev–Trinajstić information content (AvgIpc) is 3.74. The summed E-state index contributed by atoms with van der Waals surface area (Å²) in [6, 6.07) is 17.9. The van der Waals surface area contributed by atoms with E-state index in [-0.39, 0.29) is 17.4 Å². The zero-order chi connectivity index (χ0) is 30.0. The molecule has 7 rings (SSSR count). The second-order valence-corrected chi connectivity index (χ2v) is 10.1. The lowest BCUT2D eigenvalue weighted by molar-refractivity contribution is 0.0385. The van der Waals surface area contributed by atoms with Gasteiger partial charge in [-0.25, -0.2) is 4.98 Å². The number of oxazole rings is 1. The molecule has 12 nitrogen and oxygen atoms in total. The van der Waals surface area contributed by atoms with Crippen molar-refractivity contribution in [2.45, 2.75) is 12.6 Å². The number of fused-ring (bicyclic) bond motifs is 1. The van der Waals surface area contributed by atoms with E-state index in [9.17, 15) is 13.6 Å². The number of piperazine rings is 1. The summed E-state index contributed by atoms with van der Waals surface area (Å²) in [5.41, 5.74) is 4.57. The summed E-state index contributed by atoms with van der Waals surface area (Å²) in [6.45, 7) is -1.17. The van der Waals surface area contributed by atoms with Gasteiger partial charge in [-0.1, -0.05) is 35.1 Å². The zero-order valence-corrected chi connectivity index (χ0v) is 23.1. The lowest BCUT2D eigenvalue weighted by Gasteiger charge is -2.38. The molecule has 1 unspecified atom stereocenters. The third-order valence-electron chi connectivity index (χ3n) is 7.42. The molecular formula is C30H24F2N10O2. The highest BCUT2D eigenvalue weighted by Gasteiger charge is 2.32. The number of carbonyl (C=O) groups excluding carboxylic acids is 1. The van der Waals surface area contributed by atoms with Gasteiger partial charge in [-0.2, -0.15) is 8.78 Å². The number of halogens is 2. The van der Waals surface area contributed by atoms with Crippen LogP contribution in [-0.4, -0.2) is 82.0 Å². The topological polar surface area (TPSA) is 132 Å². The van der Waals surface area contributed by atoms with Gasteiger partial charge in [0.1, 0.15) is 11.2 Å². The van der Waals surface area contributed by atoms with E-state index in [2.05, 4.69) is 40.2 Å². The van der Waals surface area contributed by atoms with Crippen LogP contribution in [0.25, 0.3) is 33.8 Å². The van der Waals surface area contributed by atoms with Gasteiger partial charge >= 0.3 is 6.55 Å². The first kappa shape index (κ1) is 27.3. The Bertz CT molecular complexity index is 1910. The number of carbonyl (C=O) groups is 1. The number of alkyl halides is 2. The van der Waals surface area contributed by atoms with Gasteiger partial charge in [0.05, 0.1) is 17.9 Å². The SMILES string of the molecule is O=C(c1cc(-c2nc3cc(-c4cnccn4)ccc3o2)ccn1)N1CCN(C(c2ccccc2)c2nnn(C(F)F)n2)CC1. The fourth-order valence-electron chi connectivity index (χ4n) is 5.27. The van der Waals surface area contributed by atoms with Crippen LogP contribution in [0.2, 0.25) is 0 Å². The number of tetrazole rings is 1. The molecule has 0 radical (unpaired) electrons. The molecule has 1 aliphatic heterocycles. The molecule has 0 N–H and O–H groups in total. The Hall–Kier alpha value is -5.50. The van der Waals surface area contributed by atoms with E-state index in [1.807, 2.05) is 48.5 Å². The molecule has 1 saturated heterocycles. The molecule has 1 atom stereocenters. The maximum atomic E-state index is 13.5. The summed E-state index contributed by atoms with van der Waals surface area (Å²) >= 11 is 0. The number of pyridine rings is 1. The Balaban J connectivity index is 1.08. The van der Waals surface area contributed by atoms with Gasteiger partial charge in [-0.3, -0.25) is 24.6 Å². The maximum Gasteiger partial charge on any atom is 0.350 e. The Kier molecular flexibility index (Phi) is 7.24. The normalized spacial score (nSPS) is 14.8. The molecule has 14 heteroatoms. The summed E-state index contributed by atoms with van der Waals surface area (Å²) in [5.74, 6) is 0.311. The third kappa shape index (κ3) is 5.38. The van der Waals surface area contributed by atoms with Crippen LogP contribution in [0.4, 0.5) is 8.78 Å². The van der Waals surface area contributed by atoms with E-state index in [1.165, 1.54) is 0 Å². The van der Waals surface area contributed by atoms with Crippen molar-refractivity contribution in [1.82, 2.24) is 49.9 Å². The molecular weight excluding hydrogens is 570 g/mol. The number of amides is 1. The van der Waals surface area contributed by atoms with Crippen LogP contribution in [0.15, 0.2) is 89.9 Å². The minimum absolute atomic E-state index is 0.174. The summed E-state index contributed by atoms with van der Waals surface area (Å²) in [7, 11) is 0. The van der Waals surface area contributed by atoms with Crippen molar-refractivity contribution >= 4 is 17.0 Å². The van der Waals surface area contributed by atoms with Crippen LogP contribution in [0.5, 0.6) is 0 Å². The average molecular weight is 595 g/mol. The highest BCUT2D eigenvalue weighted by atomic mass is 19.3. The molecule has 0 spiro atoms. The minimum Gasteiger partial charge on any atom is -0.436 e. The Labute approximate surface area is 249 Å². The highest BCUT2D eigenvalue weighted by Crippen LogP contribution is 2.30.